The molecule has 462 valence electrons. The van der Waals surface area contributed by atoms with E-state index in [0.29, 0.717) is 56.9 Å². The van der Waals surface area contributed by atoms with Crippen LogP contribution in [0.25, 0.3) is 0 Å². The zero-order valence-electron chi connectivity index (χ0n) is 50.1. The minimum atomic E-state index is -4.44. The first kappa shape index (κ1) is 73.2. The largest absolute Gasteiger partial charge is 1.00 e. The fourth-order valence-electron chi connectivity index (χ4n) is 8.72. The fourth-order valence-corrected chi connectivity index (χ4v) is 9.43. The molecule has 8 aromatic rings. The molecule has 1 N–H and O–H groups in total. The molecule has 0 spiro atoms. The number of hydrogen-bond donors (Lipinski definition) is 0. The molecular formula is C68H64BrCl2F6KN4O7. The monoisotopic (exact) mass is 1350 g/mol. The molecule has 2 amide bonds. The summed E-state index contributed by atoms with van der Waals surface area (Å²) in [6.45, 7) is 7.42. The molecule has 89 heavy (non-hydrogen) atoms. The molecular weight excluding hydrogens is 1290 g/mol. The Balaban J connectivity index is 0.000000262. The van der Waals surface area contributed by atoms with Gasteiger partial charge in [-0.1, -0.05) is 108 Å². The summed E-state index contributed by atoms with van der Waals surface area (Å²) in [5, 5.41) is 1.66. The smallest absolute Gasteiger partial charge is 0.870 e. The molecule has 1 atom stereocenters. The first-order valence-electron chi connectivity index (χ1n) is 27.3. The standard InChI is InChI=1S/C32H26ClF3N2O3.C24H21ClN2O3.C8H6BrF3.C4H10.K.H2O/c1-38-29-16-11-24(33)18-27(29)30(37-28(31(38)39)17-20-3-9-23(10-4-20)32(34,35)36)22-7-14-26(15-8-22)41-19-21-5-12-25(40-2)13-6-21;1-27-22-12-7-18(25)13-21(22)24(26-14-23(27)28)17-5-10-20(11-6-17)30-15-16-3-8-19(29-2)9-4-16;9-5-6-1-3-7(4-2-6)8(10,11)12;1-4(2)3;;/h3-16,18,28H,17,19H2,1-2H3;3-13H,14-15H2,1-2H3;1-4H,5H2;4H,1-3H3;;1H2/q;;;;+1;/p-1. The van der Waals surface area contributed by atoms with Gasteiger partial charge in [0.25, 0.3) is 5.91 Å². The number of halogens is 9. The van der Waals surface area contributed by atoms with Crippen LogP contribution in [0.15, 0.2) is 192 Å². The Kier molecular flexibility index (Phi) is 28.0. The van der Waals surface area contributed by atoms with Crippen molar-refractivity contribution in [3.8, 4) is 23.0 Å². The van der Waals surface area contributed by atoms with Gasteiger partial charge in [-0.25, -0.2) is 0 Å². The molecule has 0 fully saturated rings. The number of benzene rings is 8. The van der Waals surface area contributed by atoms with Gasteiger partial charge in [0.1, 0.15) is 48.8 Å². The molecule has 0 saturated heterocycles. The molecule has 10 rings (SSSR count). The number of amides is 2. The maximum atomic E-state index is 13.5. The molecule has 0 aliphatic carbocycles. The number of likely N-dealkylation sites (N-methyl/N-ethyl adjacent to an activating group) is 2. The molecule has 0 saturated carbocycles. The molecule has 2 aliphatic rings. The molecule has 11 nitrogen and oxygen atoms in total. The van der Waals surface area contributed by atoms with E-state index in [1.54, 1.807) is 57.5 Å². The first-order chi connectivity index (χ1) is 41.4. The number of carbonyl (C=O) groups is 2. The molecule has 0 aromatic heterocycles. The van der Waals surface area contributed by atoms with E-state index < -0.39 is 29.5 Å². The van der Waals surface area contributed by atoms with Gasteiger partial charge in [-0.05, 0) is 162 Å². The van der Waals surface area contributed by atoms with Crippen LogP contribution in [0.1, 0.15) is 76.4 Å². The van der Waals surface area contributed by atoms with Crippen molar-refractivity contribution < 1.29 is 112 Å². The van der Waals surface area contributed by atoms with Crippen molar-refractivity contribution in [2.45, 2.75) is 64.1 Å². The minimum Gasteiger partial charge on any atom is -0.870 e. The number of methoxy groups -OCH3 is 2. The fraction of sp³-hybridized carbons (Fsp3) is 0.235. The number of aliphatic imine (C=N–C) groups is 2. The zero-order valence-corrected chi connectivity index (χ0v) is 56.3. The van der Waals surface area contributed by atoms with Crippen LogP contribution in [0.4, 0.5) is 37.7 Å². The number of carbonyl (C=O) groups excluding carboxylic acids is 2. The van der Waals surface area contributed by atoms with Crippen LogP contribution < -0.4 is 80.1 Å². The molecule has 21 heteroatoms. The number of nitrogens with zero attached hydrogens (tertiary/aromatic N) is 4. The topological polar surface area (TPSA) is 132 Å². The van der Waals surface area contributed by atoms with Gasteiger partial charge >= 0.3 is 63.7 Å². The third kappa shape index (κ3) is 21.0. The Bertz CT molecular complexity index is 3650. The van der Waals surface area contributed by atoms with E-state index in [1.807, 2.05) is 109 Å². The second kappa shape index (κ2) is 34.1. The van der Waals surface area contributed by atoms with Crippen LogP contribution in [0.3, 0.4) is 0 Å². The number of benzodiazepines with no additional fused rings is 2. The Labute approximate surface area is 575 Å². The Morgan fingerprint density at radius 2 is 0.910 bits per heavy atom. The molecule has 2 heterocycles. The van der Waals surface area contributed by atoms with Gasteiger partial charge in [0.05, 0.1) is 48.1 Å². The second-order valence-corrected chi connectivity index (χ2v) is 22.0. The van der Waals surface area contributed by atoms with Crippen molar-refractivity contribution in [3.05, 3.63) is 248 Å². The van der Waals surface area contributed by atoms with Crippen molar-refractivity contribution in [2.75, 3.05) is 44.7 Å². The third-order valence-electron chi connectivity index (χ3n) is 13.3. The van der Waals surface area contributed by atoms with Gasteiger partial charge in [-0.2, -0.15) is 26.3 Å². The Morgan fingerprint density at radius 3 is 1.31 bits per heavy atom. The van der Waals surface area contributed by atoms with Crippen molar-refractivity contribution >= 4 is 73.7 Å². The molecule has 2 aliphatic heterocycles. The Hall–Kier alpha value is -6.52. The van der Waals surface area contributed by atoms with Gasteiger partial charge in [0, 0.05) is 58.1 Å². The number of rotatable bonds is 13. The van der Waals surface area contributed by atoms with E-state index in [0.717, 1.165) is 92.2 Å². The number of anilines is 2. The SMILES string of the molecule is CC(C)C.COc1ccc(COc2ccc(C3=NC(Cc4ccc(C(F)(F)F)cc4)C(=O)N(C)c4ccc(Cl)cc43)cc2)cc1.COc1ccc(COc2ccc(C3=NCC(=O)N(C)c4ccc(Cl)cc43)cc2)cc1.FC(F)(F)c1ccc(CBr)cc1.[K+].[OH-]. The molecule has 0 bridgehead atoms. The van der Waals surface area contributed by atoms with E-state index in [1.165, 1.54) is 29.2 Å². The summed E-state index contributed by atoms with van der Waals surface area (Å²) < 4.78 is 97.4. The van der Waals surface area contributed by atoms with Crippen molar-refractivity contribution in [1.82, 2.24) is 0 Å². The van der Waals surface area contributed by atoms with E-state index in [2.05, 4.69) is 41.7 Å². The summed E-state index contributed by atoms with van der Waals surface area (Å²) in [6.07, 6.45) is -8.53. The van der Waals surface area contributed by atoms with Crippen LogP contribution >= 0.6 is 39.1 Å². The van der Waals surface area contributed by atoms with Crippen LogP contribution in [0, 0.1) is 5.92 Å². The molecule has 1 unspecified atom stereocenters. The summed E-state index contributed by atoms with van der Waals surface area (Å²) in [6, 6.07) is 50.2. The number of alkyl halides is 7. The van der Waals surface area contributed by atoms with Gasteiger partial charge in [-0.15, -0.1) is 0 Å². The Morgan fingerprint density at radius 1 is 0.539 bits per heavy atom. The first-order valence-corrected chi connectivity index (χ1v) is 29.2. The number of hydrogen-bond acceptors (Lipinski definition) is 9. The second-order valence-electron chi connectivity index (χ2n) is 20.6. The summed E-state index contributed by atoms with van der Waals surface area (Å²) in [7, 11) is 6.67. The summed E-state index contributed by atoms with van der Waals surface area (Å²) in [4.78, 5) is 38.4. The maximum absolute atomic E-state index is 13.5. The maximum Gasteiger partial charge on any atom is 1.00 e. The van der Waals surface area contributed by atoms with Crippen LogP contribution in [0.2, 0.25) is 10.0 Å². The number of fused-ring (bicyclic) bond motifs is 2. The van der Waals surface area contributed by atoms with Crippen LogP contribution in [-0.2, 0) is 46.9 Å². The minimum absolute atomic E-state index is 0. The number of ether oxygens (including phenoxy) is 4. The van der Waals surface area contributed by atoms with Gasteiger partial charge in [-0.3, -0.25) is 19.6 Å². The zero-order chi connectivity index (χ0) is 63.0. The van der Waals surface area contributed by atoms with Crippen LogP contribution in [-0.4, -0.2) is 69.6 Å². The van der Waals surface area contributed by atoms with Gasteiger partial charge < -0.3 is 34.2 Å². The van der Waals surface area contributed by atoms with Crippen molar-refractivity contribution in [2.24, 2.45) is 15.9 Å². The third-order valence-corrected chi connectivity index (χ3v) is 14.4. The summed E-state index contributed by atoms with van der Waals surface area (Å²) in [5.74, 6) is 3.49. The van der Waals surface area contributed by atoms with Gasteiger partial charge in [0.15, 0.2) is 0 Å². The normalized spacial score (nSPS) is 13.5. The van der Waals surface area contributed by atoms with Crippen molar-refractivity contribution in [1.29, 1.82) is 0 Å². The molecule has 8 aromatic carbocycles. The summed E-state index contributed by atoms with van der Waals surface area (Å²) in [5.41, 5.74) is 7.97. The average Bonchev–Trinajstić information content (AvgIpc) is 1.80. The van der Waals surface area contributed by atoms with E-state index >= 15 is 0 Å². The molecule has 0 radical (unpaired) electrons. The van der Waals surface area contributed by atoms with E-state index in [-0.39, 0.29) is 81.6 Å². The van der Waals surface area contributed by atoms with Crippen LogP contribution in [0.5, 0.6) is 23.0 Å². The quantitative estimate of drug-likeness (QED) is 0.0638. The van der Waals surface area contributed by atoms with E-state index in [9.17, 15) is 35.9 Å². The van der Waals surface area contributed by atoms with Gasteiger partial charge in [0.2, 0.25) is 5.91 Å². The van der Waals surface area contributed by atoms with Crippen molar-refractivity contribution in [3.63, 3.8) is 0 Å². The van der Waals surface area contributed by atoms with E-state index in [4.69, 9.17) is 47.1 Å². The summed E-state index contributed by atoms with van der Waals surface area (Å²) >= 11 is 15.7. The average molecular weight is 1350 g/mol. The predicted molar refractivity (Wildman–Crippen MR) is 339 cm³/mol. The predicted octanol–water partition coefficient (Wildman–Crippen LogP) is 14.2.